The van der Waals surface area contributed by atoms with Gasteiger partial charge in [0.1, 0.15) is 0 Å². The van der Waals surface area contributed by atoms with Crippen LogP contribution in [0.4, 0.5) is 0 Å². The van der Waals surface area contributed by atoms with Crippen molar-refractivity contribution < 1.29 is 19.5 Å². The van der Waals surface area contributed by atoms with E-state index in [4.69, 9.17) is 5.11 Å². The number of rotatable bonds is 6. The van der Waals surface area contributed by atoms with Crippen LogP contribution in [0, 0.1) is 11.8 Å². The van der Waals surface area contributed by atoms with Crippen LogP contribution in [0.5, 0.6) is 0 Å². The van der Waals surface area contributed by atoms with Gasteiger partial charge in [-0.3, -0.25) is 14.4 Å². The molecule has 5 nitrogen and oxygen atoms in total. The highest BCUT2D eigenvalue weighted by molar-refractivity contribution is 8.00. The van der Waals surface area contributed by atoms with Crippen LogP contribution in [0.3, 0.4) is 0 Å². The van der Waals surface area contributed by atoms with Crippen LogP contribution in [0.2, 0.25) is 0 Å². The highest BCUT2D eigenvalue weighted by atomic mass is 32.2. The van der Waals surface area contributed by atoms with Crippen molar-refractivity contribution in [2.45, 2.75) is 13.3 Å². The fraction of sp³-hybridized carbons (Fsp3) is 0.471. The third-order valence-corrected chi connectivity index (χ3v) is 4.83. The normalized spacial score (nSPS) is 21.0. The first kappa shape index (κ1) is 17.5. The zero-order valence-corrected chi connectivity index (χ0v) is 13.9. The lowest BCUT2D eigenvalue weighted by Gasteiger charge is -2.34. The summed E-state index contributed by atoms with van der Waals surface area (Å²) in [5.74, 6) is -0.781. The molecule has 1 aromatic carbocycles. The van der Waals surface area contributed by atoms with E-state index in [-0.39, 0.29) is 35.7 Å². The summed E-state index contributed by atoms with van der Waals surface area (Å²) in [5, 5.41) is 9.14. The second-order valence-corrected chi connectivity index (χ2v) is 6.94. The van der Waals surface area contributed by atoms with Crippen LogP contribution in [-0.2, 0) is 9.59 Å². The van der Waals surface area contributed by atoms with Gasteiger partial charge in [-0.15, -0.1) is 11.8 Å². The molecule has 2 atom stereocenters. The molecule has 0 spiro atoms. The molecule has 0 bridgehead atoms. The maximum Gasteiger partial charge on any atom is 0.308 e. The SMILES string of the molecule is CC1CC(C(=O)O)CN(C(=O)CSCC(=O)c2ccccc2)C1. The van der Waals surface area contributed by atoms with Gasteiger partial charge >= 0.3 is 5.97 Å². The van der Waals surface area contributed by atoms with Gasteiger partial charge in [0, 0.05) is 18.7 Å². The Labute approximate surface area is 140 Å². The minimum Gasteiger partial charge on any atom is -0.481 e. The summed E-state index contributed by atoms with van der Waals surface area (Å²) in [6.45, 7) is 2.82. The van der Waals surface area contributed by atoms with Crippen LogP contribution in [0.15, 0.2) is 30.3 Å². The van der Waals surface area contributed by atoms with E-state index in [1.165, 1.54) is 11.8 Å². The van der Waals surface area contributed by atoms with E-state index in [2.05, 4.69) is 0 Å². The van der Waals surface area contributed by atoms with E-state index >= 15 is 0 Å². The van der Waals surface area contributed by atoms with Gasteiger partial charge in [-0.1, -0.05) is 37.3 Å². The average molecular weight is 335 g/mol. The zero-order valence-electron chi connectivity index (χ0n) is 13.1. The minimum absolute atomic E-state index is 0.00109. The zero-order chi connectivity index (χ0) is 16.8. The molecular formula is C17H21NO4S. The summed E-state index contributed by atoms with van der Waals surface area (Å²) in [7, 11) is 0. The molecule has 1 aromatic rings. The van der Waals surface area contributed by atoms with Crippen molar-refractivity contribution in [3.8, 4) is 0 Å². The molecule has 2 unspecified atom stereocenters. The minimum atomic E-state index is -0.846. The summed E-state index contributed by atoms with van der Waals surface area (Å²) in [4.78, 5) is 37.0. The molecule has 1 aliphatic rings. The molecule has 0 saturated carbocycles. The van der Waals surface area contributed by atoms with Crippen LogP contribution >= 0.6 is 11.8 Å². The van der Waals surface area contributed by atoms with Gasteiger partial charge in [-0.25, -0.2) is 0 Å². The van der Waals surface area contributed by atoms with Gasteiger partial charge < -0.3 is 10.0 Å². The Morgan fingerprint density at radius 2 is 1.87 bits per heavy atom. The van der Waals surface area contributed by atoms with Gasteiger partial charge in [0.05, 0.1) is 17.4 Å². The number of amides is 1. The molecule has 2 rings (SSSR count). The lowest BCUT2D eigenvalue weighted by Crippen LogP contribution is -2.46. The van der Waals surface area contributed by atoms with Crippen molar-refractivity contribution in [2.75, 3.05) is 24.6 Å². The molecule has 23 heavy (non-hydrogen) atoms. The Kier molecular flexibility index (Phi) is 6.21. The molecule has 1 amide bonds. The Morgan fingerprint density at radius 1 is 1.17 bits per heavy atom. The quantitative estimate of drug-likeness (QED) is 0.807. The number of benzene rings is 1. The molecular weight excluding hydrogens is 314 g/mol. The first-order valence-corrected chi connectivity index (χ1v) is 8.79. The highest BCUT2D eigenvalue weighted by Crippen LogP contribution is 2.22. The first-order chi connectivity index (χ1) is 11.0. The number of thioether (sulfide) groups is 1. The highest BCUT2D eigenvalue weighted by Gasteiger charge is 2.31. The number of aliphatic carboxylic acids is 1. The van der Waals surface area contributed by atoms with Crippen LogP contribution in [0.1, 0.15) is 23.7 Å². The van der Waals surface area contributed by atoms with E-state index in [9.17, 15) is 14.4 Å². The largest absolute Gasteiger partial charge is 0.481 e. The smallest absolute Gasteiger partial charge is 0.308 e. The van der Waals surface area contributed by atoms with Crippen LogP contribution in [0.25, 0.3) is 0 Å². The molecule has 1 fully saturated rings. The summed E-state index contributed by atoms with van der Waals surface area (Å²) >= 11 is 1.28. The number of Topliss-reactive ketones (excluding diaryl/α,β-unsaturated/α-hetero) is 1. The molecule has 1 aliphatic heterocycles. The number of carbonyl (C=O) groups is 3. The standard InChI is InChI=1S/C17H21NO4S/c1-12-7-14(17(21)22)9-18(8-12)16(20)11-23-10-15(19)13-5-3-2-4-6-13/h2-6,12,14H,7-11H2,1H3,(H,21,22). The van der Waals surface area contributed by atoms with Gasteiger partial charge in [0.25, 0.3) is 0 Å². The summed E-state index contributed by atoms with van der Waals surface area (Å²) in [6, 6.07) is 8.99. The van der Waals surface area contributed by atoms with E-state index in [1.807, 2.05) is 25.1 Å². The monoisotopic (exact) mass is 335 g/mol. The third-order valence-electron chi connectivity index (χ3n) is 3.92. The van der Waals surface area contributed by atoms with Gasteiger partial charge in [-0.2, -0.15) is 0 Å². The molecule has 0 aliphatic carbocycles. The van der Waals surface area contributed by atoms with Crippen molar-refractivity contribution in [3.63, 3.8) is 0 Å². The number of hydrogen-bond donors (Lipinski definition) is 1. The Balaban J connectivity index is 1.80. The number of nitrogens with zero attached hydrogens (tertiary/aromatic N) is 1. The summed E-state index contributed by atoms with van der Waals surface area (Å²) in [5.41, 5.74) is 0.644. The number of carboxylic acids is 1. The van der Waals surface area contributed by atoms with E-state index in [0.717, 1.165) is 0 Å². The first-order valence-electron chi connectivity index (χ1n) is 7.64. The average Bonchev–Trinajstić information content (AvgIpc) is 2.54. The van der Waals surface area contributed by atoms with E-state index in [0.29, 0.717) is 18.5 Å². The Hall–Kier alpha value is -1.82. The molecule has 0 aromatic heterocycles. The van der Waals surface area contributed by atoms with Crippen molar-refractivity contribution in [3.05, 3.63) is 35.9 Å². The maximum absolute atomic E-state index is 12.2. The molecule has 0 radical (unpaired) electrons. The summed E-state index contributed by atoms with van der Waals surface area (Å²) in [6.07, 6.45) is 0.610. The topological polar surface area (TPSA) is 74.7 Å². The molecule has 1 saturated heterocycles. The molecule has 6 heteroatoms. The third kappa shape index (κ3) is 5.10. The van der Waals surface area contributed by atoms with Crippen molar-refractivity contribution in [1.82, 2.24) is 4.90 Å². The number of hydrogen-bond acceptors (Lipinski definition) is 4. The predicted molar refractivity (Wildman–Crippen MR) is 89.6 cm³/mol. The fourth-order valence-electron chi connectivity index (χ4n) is 2.76. The number of ketones is 1. The number of piperidine rings is 1. The summed E-state index contributed by atoms with van der Waals surface area (Å²) < 4.78 is 0. The van der Waals surface area contributed by atoms with Gasteiger partial charge in [0.15, 0.2) is 5.78 Å². The molecule has 124 valence electrons. The maximum atomic E-state index is 12.2. The molecule has 1 heterocycles. The van der Waals surface area contributed by atoms with Crippen LogP contribution < -0.4 is 0 Å². The second kappa shape index (κ2) is 8.15. The van der Waals surface area contributed by atoms with E-state index < -0.39 is 11.9 Å². The molecule has 1 N–H and O–H groups in total. The number of carboxylic acid groups (broad SMARTS) is 1. The fourth-order valence-corrected chi connectivity index (χ4v) is 3.58. The van der Waals surface area contributed by atoms with Crippen molar-refractivity contribution >= 4 is 29.4 Å². The predicted octanol–water partition coefficient (Wildman–Crippen LogP) is 2.17. The van der Waals surface area contributed by atoms with E-state index in [1.54, 1.807) is 17.0 Å². The Bertz CT molecular complexity index is 575. The Morgan fingerprint density at radius 3 is 2.52 bits per heavy atom. The second-order valence-electron chi connectivity index (χ2n) is 5.96. The van der Waals surface area contributed by atoms with Gasteiger partial charge in [-0.05, 0) is 12.3 Å². The lowest BCUT2D eigenvalue weighted by molar-refractivity contribution is -0.146. The lowest BCUT2D eigenvalue weighted by atomic mass is 9.90. The van der Waals surface area contributed by atoms with Crippen molar-refractivity contribution in [1.29, 1.82) is 0 Å². The van der Waals surface area contributed by atoms with Crippen LogP contribution in [-0.4, -0.2) is 52.3 Å². The number of carbonyl (C=O) groups excluding carboxylic acids is 2. The number of likely N-dealkylation sites (tertiary alicyclic amines) is 1. The van der Waals surface area contributed by atoms with Gasteiger partial charge in [0.2, 0.25) is 5.91 Å². The van der Waals surface area contributed by atoms with Crippen molar-refractivity contribution in [2.24, 2.45) is 11.8 Å².